The molecule has 1 aliphatic rings. The van der Waals surface area contributed by atoms with Crippen LogP contribution < -0.4 is 0 Å². The quantitative estimate of drug-likeness (QED) is 0.232. The maximum absolute atomic E-state index is 8.93. The van der Waals surface area contributed by atoms with Crippen molar-refractivity contribution in [3.8, 4) is 0 Å². The maximum Gasteiger partial charge on any atom is 0.108 e. The van der Waals surface area contributed by atoms with E-state index in [4.69, 9.17) is 9.84 Å². The molecule has 0 bridgehead atoms. The zero-order chi connectivity index (χ0) is 11.5. The minimum atomic E-state index is -0.426. The molecule has 0 aromatic heterocycles. The van der Waals surface area contributed by atoms with E-state index < -0.39 is 6.10 Å². The molecule has 15 heavy (non-hydrogen) atoms. The summed E-state index contributed by atoms with van der Waals surface area (Å²) in [7, 11) is 0. The summed E-state index contributed by atoms with van der Waals surface area (Å²) in [6.45, 7) is 9.04. The first kappa shape index (κ1) is 14.6. The zero-order valence-electron chi connectivity index (χ0n) is 9.65. The van der Waals surface area contributed by atoms with Crippen LogP contribution in [0, 0.1) is 0 Å². The van der Waals surface area contributed by atoms with Gasteiger partial charge in [-0.1, -0.05) is 19.9 Å². The highest BCUT2D eigenvalue weighted by atomic mass is 17.2. The fourth-order valence-corrected chi connectivity index (χ4v) is 0.644. The molecule has 2 atom stereocenters. The van der Waals surface area contributed by atoms with Crippen LogP contribution in [0.3, 0.4) is 0 Å². The van der Waals surface area contributed by atoms with Crippen LogP contribution >= 0.6 is 0 Å². The number of hydrogen-bond donors (Lipinski definition) is 1. The first-order valence-corrected chi connectivity index (χ1v) is 5.39. The fraction of sp³-hybridized carbons (Fsp3) is 0.818. The summed E-state index contributed by atoms with van der Waals surface area (Å²) in [5, 5.41) is 8.93. The van der Waals surface area contributed by atoms with Gasteiger partial charge in [0.25, 0.3) is 0 Å². The van der Waals surface area contributed by atoms with E-state index in [2.05, 4.69) is 23.3 Å². The molecule has 1 N–H and O–H groups in total. The molecule has 1 heterocycles. The first-order valence-electron chi connectivity index (χ1n) is 5.39. The Bertz CT molecular complexity index is 146. The van der Waals surface area contributed by atoms with Gasteiger partial charge in [-0.3, -0.25) is 0 Å². The Morgan fingerprint density at radius 1 is 1.53 bits per heavy atom. The number of epoxide rings is 1. The topological polar surface area (TPSA) is 51.2 Å². The Balaban J connectivity index is 0.000000322. The van der Waals surface area contributed by atoms with Crippen molar-refractivity contribution in [1.82, 2.24) is 0 Å². The fourth-order valence-electron chi connectivity index (χ4n) is 0.644. The smallest absolute Gasteiger partial charge is 0.108 e. The third kappa shape index (κ3) is 11.5. The van der Waals surface area contributed by atoms with Crippen molar-refractivity contribution in [2.45, 2.75) is 38.9 Å². The summed E-state index contributed by atoms with van der Waals surface area (Å²) in [6, 6.07) is 0. The van der Waals surface area contributed by atoms with Gasteiger partial charge in [0.1, 0.15) is 13.2 Å². The molecular formula is C11H22O4. The SMILES string of the molecule is C=CCOOCC(O)CC.CCC1CO1. The summed E-state index contributed by atoms with van der Waals surface area (Å²) in [5.74, 6) is 0. The second kappa shape index (κ2) is 10.1. The average molecular weight is 218 g/mol. The molecule has 0 saturated carbocycles. The van der Waals surface area contributed by atoms with Crippen LogP contribution in [0.5, 0.6) is 0 Å². The van der Waals surface area contributed by atoms with Crippen LogP contribution in [-0.4, -0.2) is 37.1 Å². The van der Waals surface area contributed by atoms with E-state index in [1.165, 1.54) is 6.42 Å². The lowest BCUT2D eigenvalue weighted by molar-refractivity contribution is -0.297. The summed E-state index contributed by atoms with van der Waals surface area (Å²) in [6.07, 6.45) is 3.66. The van der Waals surface area contributed by atoms with Gasteiger partial charge < -0.3 is 9.84 Å². The van der Waals surface area contributed by atoms with Gasteiger partial charge in [-0.15, -0.1) is 6.58 Å². The van der Waals surface area contributed by atoms with Gasteiger partial charge >= 0.3 is 0 Å². The van der Waals surface area contributed by atoms with E-state index in [9.17, 15) is 0 Å². The number of ether oxygens (including phenoxy) is 1. The molecule has 0 aromatic carbocycles. The van der Waals surface area contributed by atoms with E-state index in [0.29, 0.717) is 19.1 Å². The number of aliphatic hydroxyl groups excluding tert-OH is 1. The predicted octanol–water partition coefficient (Wildman–Crippen LogP) is 1.69. The molecule has 4 nitrogen and oxygen atoms in total. The molecule has 90 valence electrons. The summed E-state index contributed by atoms with van der Waals surface area (Å²) >= 11 is 0. The molecule has 0 aromatic rings. The van der Waals surface area contributed by atoms with Crippen molar-refractivity contribution in [1.29, 1.82) is 0 Å². The van der Waals surface area contributed by atoms with Gasteiger partial charge in [0.2, 0.25) is 0 Å². The van der Waals surface area contributed by atoms with Crippen molar-refractivity contribution in [2.75, 3.05) is 19.8 Å². The molecule has 0 amide bonds. The van der Waals surface area contributed by atoms with Crippen molar-refractivity contribution in [2.24, 2.45) is 0 Å². The van der Waals surface area contributed by atoms with Crippen LogP contribution in [0.2, 0.25) is 0 Å². The van der Waals surface area contributed by atoms with E-state index in [1.54, 1.807) is 6.08 Å². The Hall–Kier alpha value is -0.420. The predicted molar refractivity (Wildman–Crippen MR) is 58.4 cm³/mol. The highest BCUT2D eigenvalue weighted by Gasteiger charge is 2.18. The van der Waals surface area contributed by atoms with Gasteiger partial charge in [0.15, 0.2) is 0 Å². The largest absolute Gasteiger partial charge is 0.391 e. The highest BCUT2D eigenvalue weighted by molar-refractivity contribution is 4.64. The van der Waals surface area contributed by atoms with Crippen LogP contribution in [0.25, 0.3) is 0 Å². The molecule has 1 saturated heterocycles. The first-order chi connectivity index (χ1) is 7.24. The Labute approximate surface area is 91.8 Å². The van der Waals surface area contributed by atoms with Crippen LogP contribution in [0.15, 0.2) is 12.7 Å². The third-order valence-electron chi connectivity index (χ3n) is 1.86. The van der Waals surface area contributed by atoms with Crippen molar-refractivity contribution >= 4 is 0 Å². The van der Waals surface area contributed by atoms with Crippen LogP contribution in [0.4, 0.5) is 0 Å². The zero-order valence-corrected chi connectivity index (χ0v) is 9.65. The molecule has 0 radical (unpaired) electrons. The number of aliphatic hydroxyl groups is 1. The minimum absolute atomic E-state index is 0.227. The standard InChI is InChI=1S/C7H14O3.C4H8O/c1-3-5-9-10-6-7(8)4-2;1-2-4-3-5-4/h3,7-8H,1,4-6H2,2H3;4H,2-3H2,1H3. The number of rotatable bonds is 7. The molecule has 0 aliphatic carbocycles. The van der Waals surface area contributed by atoms with Gasteiger partial charge in [0.05, 0.1) is 18.8 Å². The Morgan fingerprint density at radius 2 is 2.20 bits per heavy atom. The second-order valence-corrected chi connectivity index (χ2v) is 3.28. The molecule has 1 rings (SSSR count). The minimum Gasteiger partial charge on any atom is -0.391 e. The number of hydrogen-bond acceptors (Lipinski definition) is 4. The van der Waals surface area contributed by atoms with Gasteiger partial charge in [-0.2, -0.15) is 0 Å². The monoisotopic (exact) mass is 218 g/mol. The van der Waals surface area contributed by atoms with Crippen LogP contribution in [-0.2, 0) is 14.5 Å². The van der Waals surface area contributed by atoms with E-state index in [-0.39, 0.29) is 6.61 Å². The molecular weight excluding hydrogens is 196 g/mol. The lowest BCUT2D eigenvalue weighted by atomic mass is 10.3. The third-order valence-corrected chi connectivity index (χ3v) is 1.86. The van der Waals surface area contributed by atoms with E-state index in [1.807, 2.05) is 6.92 Å². The maximum atomic E-state index is 8.93. The van der Waals surface area contributed by atoms with Gasteiger partial charge in [-0.25, -0.2) is 9.78 Å². The second-order valence-electron chi connectivity index (χ2n) is 3.28. The van der Waals surface area contributed by atoms with E-state index in [0.717, 1.165) is 6.61 Å². The lowest BCUT2D eigenvalue weighted by Gasteiger charge is -2.05. The Morgan fingerprint density at radius 3 is 2.53 bits per heavy atom. The van der Waals surface area contributed by atoms with Crippen LogP contribution in [0.1, 0.15) is 26.7 Å². The summed E-state index contributed by atoms with van der Waals surface area (Å²) in [5.41, 5.74) is 0. The molecule has 1 fully saturated rings. The van der Waals surface area contributed by atoms with Gasteiger partial charge in [0, 0.05) is 0 Å². The van der Waals surface area contributed by atoms with E-state index >= 15 is 0 Å². The molecule has 2 unspecified atom stereocenters. The van der Waals surface area contributed by atoms with Crippen molar-refractivity contribution in [3.63, 3.8) is 0 Å². The molecule has 1 aliphatic heterocycles. The molecule has 4 heteroatoms. The van der Waals surface area contributed by atoms with Crippen molar-refractivity contribution < 1.29 is 19.6 Å². The Kier molecular flexibility index (Phi) is 9.83. The summed E-state index contributed by atoms with van der Waals surface area (Å²) in [4.78, 5) is 9.18. The summed E-state index contributed by atoms with van der Waals surface area (Å²) < 4.78 is 4.86. The average Bonchev–Trinajstić information content (AvgIpc) is 3.08. The highest BCUT2D eigenvalue weighted by Crippen LogP contribution is 2.10. The normalized spacial score (nSPS) is 20.1. The lowest BCUT2D eigenvalue weighted by Crippen LogP contribution is -2.13. The van der Waals surface area contributed by atoms with Gasteiger partial charge in [-0.05, 0) is 12.8 Å². The van der Waals surface area contributed by atoms with Crippen molar-refractivity contribution in [3.05, 3.63) is 12.7 Å². The molecule has 0 spiro atoms.